The van der Waals surface area contributed by atoms with Crippen molar-refractivity contribution in [1.29, 1.82) is 0 Å². The molecule has 158 valence electrons. The third-order valence-corrected chi connectivity index (χ3v) is 5.80. The van der Waals surface area contributed by atoms with Crippen LogP contribution in [0, 0.1) is 6.92 Å². The van der Waals surface area contributed by atoms with Crippen LogP contribution in [-0.2, 0) is 17.9 Å². The van der Waals surface area contributed by atoms with E-state index in [9.17, 15) is 9.59 Å². The number of piperidine rings is 1. The minimum Gasteiger partial charge on any atom is -0.408 e. The van der Waals surface area contributed by atoms with E-state index < -0.39 is 0 Å². The van der Waals surface area contributed by atoms with Gasteiger partial charge in [0.15, 0.2) is 5.58 Å². The summed E-state index contributed by atoms with van der Waals surface area (Å²) in [7, 11) is 0. The SMILES string of the molecule is Cc1cccc(CN2CCC(NC(=O)CCCn3c(=O)oc4ccccc43)CC2)c1. The average molecular weight is 408 g/mol. The summed E-state index contributed by atoms with van der Waals surface area (Å²) in [5.41, 5.74) is 4.01. The van der Waals surface area contributed by atoms with Gasteiger partial charge in [-0.2, -0.15) is 0 Å². The summed E-state index contributed by atoms with van der Waals surface area (Å²) >= 11 is 0. The van der Waals surface area contributed by atoms with E-state index in [0.29, 0.717) is 25.0 Å². The van der Waals surface area contributed by atoms with Gasteiger partial charge in [-0.3, -0.25) is 14.3 Å². The normalized spacial score (nSPS) is 15.5. The smallest absolute Gasteiger partial charge is 0.408 e. The summed E-state index contributed by atoms with van der Waals surface area (Å²) in [5.74, 6) is -0.300. The van der Waals surface area contributed by atoms with Crippen LogP contribution >= 0.6 is 0 Å². The molecule has 0 atom stereocenters. The number of oxazole rings is 1. The summed E-state index contributed by atoms with van der Waals surface area (Å²) in [5, 5.41) is 3.17. The quantitative estimate of drug-likeness (QED) is 0.651. The van der Waals surface area contributed by atoms with E-state index >= 15 is 0 Å². The first-order chi connectivity index (χ1) is 14.6. The van der Waals surface area contributed by atoms with Crippen LogP contribution in [0.5, 0.6) is 0 Å². The minimum absolute atomic E-state index is 0.0629. The summed E-state index contributed by atoms with van der Waals surface area (Å²) < 4.78 is 6.84. The lowest BCUT2D eigenvalue weighted by atomic mass is 10.0. The Morgan fingerprint density at radius 1 is 1.13 bits per heavy atom. The molecule has 30 heavy (non-hydrogen) atoms. The second-order valence-corrected chi connectivity index (χ2v) is 8.20. The number of carbonyl (C=O) groups is 1. The van der Waals surface area contributed by atoms with E-state index in [-0.39, 0.29) is 17.7 Å². The molecule has 1 aromatic heterocycles. The Morgan fingerprint density at radius 3 is 2.73 bits per heavy atom. The Hall–Kier alpha value is -2.86. The van der Waals surface area contributed by atoms with Gasteiger partial charge in [-0.1, -0.05) is 42.0 Å². The molecule has 6 nitrogen and oxygen atoms in total. The summed E-state index contributed by atoms with van der Waals surface area (Å²) in [6.07, 6.45) is 2.98. The van der Waals surface area contributed by atoms with Crippen LogP contribution in [-0.4, -0.2) is 34.5 Å². The molecule has 1 amide bonds. The van der Waals surface area contributed by atoms with Gasteiger partial charge in [-0.25, -0.2) is 4.79 Å². The number of hydrogen-bond acceptors (Lipinski definition) is 4. The minimum atomic E-state index is -0.363. The Morgan fingerprint density at radius 2 is 1.93 bits per heavy atom. The molecule has 6 heteroatoms. The molecule has 3 aromatic rings. The van der Waals surface area contributed by atoms with E-state index in [4.69, 9.17) is 4.42 Å². The Bertz CT molecular complexity index is 1060. The van der Waals surface area contributed by atoms with Crippen molar-refractivity contribution < 1.29 is 9.21 Å². The average Bonchev–Trinajstić information content (AvgIpc) is 3.05. The largest absolute Gasteiger partial charge is 0.419 e. The molecular formula is C24H29N3O3. The zero-order chi connectivity index (χ0) is 20.9. The highest BCUT2D eigenvalue weighted by Crippen LogP contribution is 2.16. The highest BCUT2D eigenvalue weighted by molar-refractivity contribution is 5.76. The predicted molar refractivity (Wildman–Crippen MR) is 117 cm³/mol. The summed E-state index contributed by atoms with van der Waals surface area (Å²) in [6, 6.07) is 16.3. The summed E-state index contributed by atoms with van der Waals surface area (Å²) in [6.45, 7) is 5.56. The van der Waals surface area contributed by atoms with Crippen molar-refractivity contribution in [1.82, 2.24) is 14.8 Å². The first kappa shape index (κ1) is 20.4. The van der Waals surface area contributed by atoms with E-state index in [1.54, 1.807) is 10.6 Å². The third kappa shape index (κ3) is 5.00. The fourth-order valence-corrected chi connectivity index (χ4v) is 4.23. The van der Waals surface area contributed by atoms with Crippen LogP contribution in [0.2, 0.25) is 0 Å². The zero-order valence-electron chi connectivity index (χ0n) is 17.5. The maximum Gasteiger partial charge on any atom is 0.419 e. The number of benzene rings is 2. The van der Waals surface area contributed by atoms with Crippen LogP contribution in [0.25, 0.3) is 11.1 Å². The van der Waals surface area contributed by atoms with E-state index in [2.05, 4.69) is 41.4 Å². The predicted octanol–water partition coefficient (Wildman–Crippen LogP) is 3.46. The fraction of sp³-hybridized carbons (Fsp3) is 0.417. The lowest BCUT2D eigenvalue weighted by Gasteiger charge is -2.32. The van der Waals surface area contributed by atoms with Gasteiger partial charge >= 0.3 is 5.76 Å². The topological polar surface area (TPSA) is 67.5 Å². The third-order valence-electron chi connectivity index (χ3n) is 5.80. The van der Waals surface area contributed by atoms with Crippen molar-refractivity contribution in [3.8, 4) is 0 Å². The van der Waals surface area contributed by atoms with Gasteiger partial charge in [0, 0.05) is 38.6 Å². The van der Waals surface area contributed by atoms with Crippen molar-refractivity contribution in [2.75, 3.05) is 13.1 Å². The van der Waals surface area contributed by atoms with E-state index in [0.717, 1.165) is 38.0 Å². The van der Waals surface area contributed by atoms with Gasteiger partial charge in [0.25, 0.3) is 0 Å². The number of hydrogen-bond donors (Lipinski definition) is 1. The number of nitrogens with zero attached hydrogens (tertiary/aromatic N) is 2. The summed E-state index contributed by atoms with van der Waals surface area (Å²) in [4.78, 5) is 26.8. The number of aromatic nitrogens is 1. The number of para-hydroxylation sites is 2. The van der Waals surface area contributed by atoms with Gasteiger partial charge < -0.3 is 9.73 Å². The van der Waals surface area contributed by atoms with Gasteiger partial charge in [0.1, 0.15) is 0 Å². The van der Waals surface area contributed by atoms with Gasteiger partial charge in [-0.05, 0) is 43.9 Å². The molecule has 0 unspecified atom stereocenters. The van der Waals surface area contributed by atoms with Crippen LogP contribution in [0.4, 0.5) is 0 Å². The van der Waals surface area contributed by atoms with E-state index in [1.807, 2.05) is 18.2 Å². The molecule has 0 saturated carbocycles. The Labute approximate surface area is 176 Å². The standard InChI is InChI=1S/C24H29N3O3/c1-18-6-4-7-19(16-18)17-26-14-11-20(12-15-26)25-23(28)10-5-13-27-21-8-2-3-9-22(21)30-24(27)29/h2-4,6-9,16,20H,5,10-15,17H2,1H3,(H,25,28). The highest BCUT2D eigenvalue weighted by atomic mass is 16.4. The van der Waals surface area contributed by atoms with Gasteiger partial charge in [-0.15, -0.1) is 0 Å². The lowest BCUT2D eigenvalue weighted by Crippen LogP contribution is -2.44. The maximum atomic E-state index is 12.4. The number of carbonyl (C=O) groups excluding carboxylic acids is 1. The van der Waals surface area contributed by atoms with Crippen LogP contribution < -0.4 is 11.1 Å². The Balaban J connectivity index is 1.20. The number of fused-ring (bicyclic) bond motifs is 1. The molecule has 1 fully saturated rings. The lowest BCUT2D eigenvalue weighted by molar-refractivity contribution is -0.122. The molecule has 0 bridgehead atoms. The van der Waals surface area contributed by atoms with E-state index in [1.165, 1.54) is 11.1 Å². The molecule has 1 aliphatic rings. The number of nitrogens with one attached hydrogen (secondary N) is 1. The monoisotopic (exact) mass is 407 g/mol. The fourth-order valence-electron chi connectivity index (χ4n) is 4.23. The van der Waals surface area contributed by atoms with Gasteiger partial charge in [0.05, 0.1) is 5.52 Å². The second-order valence-electron chi connectivity index (χ2n) is 8.20. The first-order valence-corrected chi connectivity index (χ1v) is 10.7. The van der Waals surface area contributed by atoms with Crippen molar-refractivity contribution in [2.45, 2.75) is 51.7 Å². The van der Waals surface area contributed by atoms with Crippen LogP contribution in [0.3, 0.4) is 0 Å². The van der Waals surface area contributed by atoms with Crippen molar-refractivity contribution in [3.63, 3.8) is 0 Å². The number of aryl methyl sites for hydroxylation is 2. The number of rotatable bonds is 7. The number of amides is 1. The molecule has 1 aliphatic heterocycles. The van der Waals surface area contributed by atoms with Crippen molar-refractivity contribution >= 4 is 17.0 Å². The number of likely N-dealkylation sites (tertiary alicyclic amines) is 1. The molecule has 0 radical (unpaired) electrons. The van der Waals surface area contributed by atoms with Crippen molar-refractivity contribution in [2.24, 2.45) is 0 Å². The molecule has 2 aromatic carbocycles. The molecular weight excluding hydrogens is 378 g/mol. The van der Waals surface area contributed by atoms with Crippen LogP contribution in [0.1, 0.15) is 36.8 Å². The molecule has 0 aliphatic carbocycles. The second kappa shape index (κ2) is 9.30. The first-order valence-electron chi connectivity index (χ1n) is 10.7. The molecule has 2 heterocycles. The van der Waals surface area contributed by atoms with Crippen LogP contribution in [0.15, 0.2) is 57.7 Å². The molecule has 1 N–H and O–H groups in total. The maximum absolute atomic E-state index is 12.4. The molecule has 0 spiro atoms. The highest BCUT2D eigenvalue weighted by Gasteiger charge is 2.20. The van der Waals surface area contributed by atoms with Crippen molar-refractivity contribution in [3.05, 3.63) is 70.2 Å². The molecule has 4 rings (SSSR count). The zero-order valence-corrected chi connectivity index (χ0v) is 17.5. The Kier molecular flexibility index (Phi) is 6.33. The molecule has 1 saturated heterocycles. The van der Waals surface area contributed by atoms with Gasteiger partial charge in [0.2, 0.25) is 5.91 Å².